The van der Waals surface area contributed by atoms with Crippen LogP contribution < -0.4 is 5.73 Å². The normalized spacial score (nSPS) is 15.8. The first-order valence-electron chi connectivity index (χ1n) is 10.3. The van der Waals surface area contributed by atoms with Crippen LogP contribution in [0.2, 0.25) is 5.02 Å². The highest BCUT2D eigenvalue weighted by Crippen LogP contribution is 2.39. The number of amidine groups is 1. The summed E-state index contributed by atoms with van der Waals surface area (Å²) in [6.45, 7) is 15.9. The van der Waals surface area contributed by atoms with Gasteiger partial charge in [0.1, 0.15) is 5.84 Å². The number of Topliss-reactive ketones (excluding diaryl/α,β-unsaturated/α-hetero) is 1. The lowest BCUT2D eigenvalue weighted by molar-refractivity contribution is 0.101. The third-order valence-electron chi connectivity index (χ3n) is 4.87. The first-order valence-corrected chi connectivity index (χ1v) is 10.7. The molecule has 2 rings (SSSR count). The van der Waals surface area contributed by atoms with Crippen molar-refractivity contribution < 1.29 is 4.79 Å². The minimum atomic E-state index is 0.00735. The van der Waals surface area contributed by atoms with Crippen molar-refractivity contribution in [2.45, 2.75) is 60.8 Å². The standard InChI is InChI=1S/C22H28ClN3O.C2H6/c1-6-9-16-12-17(15(5)27)13-18(23)20(16)19(14(4)7-2)21-22(24)25-10-11-26(21)8-3;1-2/h8,10-14H,3,6-7,9H2,1-2,4-5H3,(H2,24,25);1-2H3/b21-19+;. The van der Waals surface area contributed by atoms with Crippen LogP contribution in [0, 0.1) is 5.92 Å². The molecule has 1 unspecified atom stereocenters. The molecule has 1 aliphatic rings. The van der Waals surface area contributed by atoms with Gasteiger partial charge in [-0.2, -0.15) is 0 Å². The summed E-state index contributed by atoms with van der Waals surface area (Å²) in [6.07, 6.45) is 7.89. The predicted octanol–water partition coefficient (Wildman–Crippen LogP) is 6.57. The maximum atomic E-state index is 11.9. The van der Waals surface area contributed by atoms with Crippen molar-refractivity contribution in [3.05, 3.63) is 64.7 Å². The summed E-state index contributed by atoms with van der Waals surface area (Å²) in [5.74, 6) is 0.633. The molecular weight excluding hydrogens is 382 g/mol. The van der Waals surface area contributed by atoms with Crippen LogP contribution in [-0.2, 0) is 6.42 Å². The topological polar surface area (TPSA) is 58.7 Å². The molecule has 1 aromatic carbocycles. The molecule has 0 radical (unpaired) electrons. The van der Waals surface area contributed by atoms with Crippen LogP contribution in [0.25, 0.3) is 5.57 Å². The van der Waals surface area contributed by atoms with Gasteiger partial charge in [-0.3, -0.25) is 4.79 Å². The van der Waals surface area contributed by atoms with Crippen molar-refractivity contribution in [1.82, 2.24) is 4.90 Å². The molecule has 2 N–H and O–H groups in total. The summed E-state index contributed by atoms with van der Waals surface area (Å²) in [5.41, 5.74) is 10.8. The van der Waals surface area contributed by atoms with E-state index in [1.54, 1.807) is 25.4 Å². The molecule has 0 aromatic heterocycles. The number of halogens is 1. The summed E-state index contributed by atoms with van der Waals surface area (Å²) < 4.78 is 0. The van der Waals surface area contributed by atoms with Gasteiger partial charge in [0.05, 0.1) is 5.70 Å². The van der Waals surface area contributed by atoms with Crippen LogP contribution in [0.15, 0.2) is 48.0 Å². The van der Waals surface area contributed by atoms with Crippen molar-refractivity contribution in [2.75, 3.05) is 0 Å². The Balaban J connectivity index is 0.00000204. The van der Waals surface area contributed by atoms with Crippen molar-refractivity contribution in [3.8, 4) is 0 Å². The molecule has 158 valence electrons. The molecule has 29 heavy (non-hydrogen) atoms. The quantitative estimate of drug-likeness (QED) is 0.512. The number of carbonyl (C=O) groups excluding carboxylic acids is 1. The molecule has 1 atom stereocenters. The lowest BCUT2D eigenvalue weighted by Gasteiger charge is -2.29. The number of aryl methyl sites for hydroxylation is 1. The van der Waals surface area contributed by atoms with E-state index in [0.29, 0.717) is 16.4 Å². The van der Waals surface area contributed by atoms with Crippen LogP contribution >= 0.6 is 11.6 Å². The number of hydrogen-bond acceptors (Lipinski definition) is 4. The third kappa shape index (κ3) is 5.60. The number of allylic oxidation sites excluding steroid dienone is 1. The number of aliphatic imine (C=N–C) groups is 1. The summed E-state index contributed by atoms with van der Waals surface area (Å²) in [7, 11) is 0. The maximum absolute atomic E-state index is 11.9. The molecule has 0 fully saturated rings. The van der Waals surface area contributed by atoms with Gasteiger partial charge in [-0.15, -0.1) is 0 Å². The molecule has 5 heteroatoms. The smallest absolute Gasteiger partial charge is 0.159 e. The van der Waals surface area contributed by atoms with Crippen molar-refractivity contribution in [1.29, 1.82) is 0 Å². The lowest BCUT2D eigenvalue weighted by Crippen LogP contribution is -2.29. The van der Waals surface area contributed by atoms with E-state index in [-0.39, 0.29) is 11.7 Å². The average molecular weight is 416 g/mol. The van der Waals surface area contributed by atoms with Crippen molar-refractivity contribution >= 4 is 28.8 Å². The van der Waals surface area contributed by atoms with Gasteiger partial charge < -0.3 is 10.6 Å². The summed E-state index contributed by atoms with van der Waals surface area (Å²) in [5, 5.41) is 0.570. The zero-order valence-electron chi connectivity index (χ0n) is 18.6. The Morgan fingerprint density at radius 1 is 1.34 bits per heavy atom. The minimum Gasteiger partial charge on any atom is -0.382 e. The molecule has 0 saturated carbocycles. The maximum Gasteiger partial charge on any atom is 0.159 e. The Morgan fingerprint density at radius 2 is 2.00 bits per heavy atom. The highest BCUT2D eigenvalue weighted by molar-refractivity contribution is 6.33. The van der Waals surface area contributed by atoms with E-state index < -0.39 is 0 Å². The van der Waals surface area contributed by atoms with E-state index in [1.165, 1.54) is 0 Å². The Hall–Kier alpha value is -2.33. The minimum absolute atomic E-state index is 0.00735. The number of carbonyl (C=O) groups is 1. The Morgan fingerprint density at radius 3 is 2.52 bits per heavy atom. The van der Waals surface area contributed by atoms with Crippen molar-refractivity contribution in [3.63, 3.8) is 0 Å². The average Bonchev–Trinajstić information content (AvgIpc) is 2.71. The van der Waals surface area contributed by atoms with E-state index in [9.17, 15) is 4.79 Å². The molecular formula is C24H34ClN3O. The first-order chi connectivity index (χ1) is 13.8. The van der Waals surface area contributed by atoms with E-state index in [0.717, 1.165) is 41.7 Å². The lowest BCUT2D eigenvalue weighted by atomic mass is 9.84. The van der Waals surface area contributed by atoms with Crippen LogP contribution in [-0.4, -0.2) is 16.5 Å². The highest BCUT2D eigenvalue weighted by Gasteiger charge is 2.26. The monoisotopic (exact) mass is 415 g/mol. The van der Waals surface area contributed by atoms with E-state index in [1.807, 2.05) is 31.0 Å². The van der Waals surface area contributed by atoms with E-state index in [2.05, 4.69) is 32.3 Å². The van der Waals surface area contributed by atoms with Gasteiger partial charge in [-0.1, -0.05) is 59.2 Å². The fourth-order valence-corrected chi connectivity index (χ4v) is 3.66. The Kier molecular flexibility index (Phi) is 9.90. The van der Waals surface area contributed by atoms with Gasteiger partial charge in [0.25, 0.3) is 0 Å². The zero-order valence-corrected chi connectivity index (χ0v) is 19.3. The SMILES string of the molecule is C=CN1C=CN=C(N)/C1=C(\c1c(Cl)cc(C(C)=O)cc1CCC)C(C)CC.CC. The number of ketones is 1. The second kappa shape index (κ2) is 11.6. The molecule has 0 bridgehead atoms. The molecule has 0 aliphatic carbocycles. The molecule has 1 heterocycles. The molecule has 0 spiro atoms. The molecule has 4 nitrogen and oxygen atoms in total. The predicted molar refractivity (Wildman–Crippen MR) is 126 cm³/mol. The van der Waals surface area contributed by atoms with Crippen LogP contribution in [0.1, 0.15) is 75.9 Å². The summed E-state index contributed by atoms with van der Waals surface area (Å²) in [6, 6.07) is 3.71. The largest absolute Gasteiger partial charge is 0.382 e. The highest BCUT2D eigenvalue weighted by atomic mass is 35.5. The van der Waals surface area contributed by atoms with Gasteiger partial charge >= 0.3 is 0 Å². The van der Waals surface area contributed by atoms with E-state index in [4.69, 9.17) is 17.3 Å². The second-order valence-electron chi connectivity index (χ2n) is 6.77. The molecule has 0 amide bonds. The fraction of sp³-hybridized carbons (Fsp3) is 0.417. The number of nitrogens with zero attached hydrogens (tertiary/aromatic N) is 2. The van der Waals surface area contributed by atoms with Crippen LogP contribution in [0.5, 0.6) is 0 Å². The zero-order chi connectivity index (χ0) is 22.1. The van der Waals surface area contributed by atoms with Crippen molar-refractivity contribution in [2.24, 2.45) is 16.6 Å². The Labute approximate surface area is 180 Å². The third-order valence-corrected chi connectivity index (χ3v) is 5.16. The van der Waals surface area contributed by atoms with Gasteiger partial charge in [0.15, 0.2) is 5.78 Å². The van der Waals surface area contributed by atoms with Gasteiger partial charge in [-0.25, -0.2) is 4.99 Å². The van der Waals surface area contributed by atoms with Crippen LogP contribution in [0.4, 0.5) is 0 Å². The Bertz CT molecular complexity index is 837. The fourth-order valence-electron chi connectivity index (χ4n) is 3.32. The summed E-state index contributed by atoms with van der Waals surface area (Å²) >= 11 is 6.74. The molecule has 0 saturated heterocycles. The van der Waals surface area contributed by atoms with Gasteiger partial charge in [-0.05, 0) is 49.0 Å². The second-order valence-corrected chi connectivity index (χ2v) is 7.18. The van der Waals surface area contributed by atoms with Gasteiger partial charge in [0.2, 0.25) is 0 Å². The summed E-state index contributed by atoms with van der Waals surface area (Å²) in [4.78, 5) is 18.1. The number of hydrogen-bond donors (Lipinski definition) is 1. The molecule has 1 aliphatic heterocycles. The number of benzene rings is 1. The molecule has 1 aromatic rings. The number of rotatable bonds is 7. The first kappa shape index (κ1) is 24.7. The van der Waals surface area contributed by atoms with E-state index >= 15 is 0 Å². The van der Waals surface area contributed by atoms with Gasteiger partial charge in [0, 0.05) is 34.7 Å². The number of nitrogens with two attached hydrogens (primary N) is 1. The van der Waals surface area contributed by atoms with Crippen LogP contribution in [0.3, 0.4) is 0 Å².